The second-order valence-corrected chi connectivity index (χ2v) is 10.4. The summed E-state index contributed by atoms with van der Waals surface area (Å²) >= 11 is 1.00. The molecule has 0 bridgehead atoms. The van der Waals surface area contributed by atoms with Crippen LogP contribution in [0.25, 0.3) is 10.9 Å². The third-order valence-electron chi connectivity index (χ3n) is 4.83. The number of fused-ring (bicyclic) bond motifs is 1. The van der Waals surface area contributed by atoms with Gasteiger partial charge in [-0.3, -0.25) is 4.79 Å². The van der Waals surface area contributed by atoms with Crippen LogP contribution < -0.4 is 4.72 Å². The van der Waals surface area contributed by atoms with E-state index >= 15 is 0 Å². The number of para-hydroxylation sites is 1. The van der Waals surface area contributed by atoms with Crippen LogP contribution in [0.15, 0.2) is 70.9 Å². The zero-order valence-corrected chi connectivity index (χ0v) is 18.8. The average molecular weight is 465 g/mol. The lowest BCUT2D eigenvalue weighted by atomic mass is 10.1. The van der Waals surface area contributed by atoms with E-state index in [4.69, 9.17) is 0 Å². The number of aryl methyl sites for hydroxylation is 1. The highest BCUT2D eigenvalue weighted by Crippen LogP contribution is 2.22. The van der Waals surface area contributed by atoms with E-state index in [-0.39, 0.29) is 10.6 Å². The third kappa shape index (κ3) is 5.08. The van der Waals surface area contributed by atoms with Gasteiger partial charge in [0, 0.05) is 23.2 Å². The molecule has 3 N–H and O–H groups in total. The highest BCUT2D eigenvalue weighted by Gasteiger charge is 2.27. The van der Waals surface area contributed by atoms with E-state index in [0.29, 0.717) is 10.6 Å². The number of thiophene rings is 1. The van der Waals surface area contributed by atoms with Gasteiger partial charge in [0.2, 0.25) is 0 Å². The lowest BCUT2D eigenvalue weighted by Crippen LogP contribution is -2.42. The summed E-state index contributed by atoms with van der Waals surface area (Å²) in [6, 6.07) is 18.8. The maximum absolute atomic E-state index is 12.8. The molecule has 0 saturated heterocycles. The minimum atomic E-state index is -4.02. The first-order chi connectivity index (χ1) is 15.3. The van der Waals surface area contributed by atoms with Crippen molar-refractivity contribution < 1.29 is 18.3 Å². The average Bonchev–Trinajstić information content (AvgIpc) is 3.39. The molecule has 4 rings (SSSR count). The van der Waals surface area contributed by atoms with Crippen LogP contribution in [0.4, 0.5) is 0 Å². The lowest BCUT2D eigenvalue weighted by Gasteiger charge is -2.13. The maximum Gasteiger partial charge on any atom is 0.322 e. The summed E-state index contributed by atoms with van der Waals surface area (Å²) in [6.07, 6.45) is -0.00525. The van der Waals surface area contributed by atoms with E-state index < -0.39 is 22.0 Å². The number of aliphatic carboxylic acids is 1. The molecule has 32 heavy (non-hydrogen) atoms. The smallest absolute Gasteiger partial charge is 0.322 e. The molecule has 2 aromatic heterocycles. The molecule has 2 aromatic carbocycles. The molecule has 0 saturated carbocycles. The van der Waals surface area contributed by atoms with Gasteiger partial charge in [0.25, 0.3) is 10.0 Å². The van der Waals surface area contributed by atoms with Gasteiger partial charge in [-0.15, -0.1) is 11.3 Å². The monoisotopic (exact) mass is 464 g/mol. The first-order valence-corrected chi connectivity index (χ1v) is 12.1. The molecule has 0 aliphatic rings. The Kier molecular flexibility index (Phi) is 6.15. The van der Waals surface area contributed by atoms with Crippen molar-refractivity contribution in [2.45, 2.75) is 23.6 Å². The summed E-state index contributed by atoms with van der Waals surface area (Å²) < 4.78 is 28.0. The Morgan fingerprint density at radius 1 is 1.09 bits per heavy atom. The molecule has 1 unspecified atom stereocenters. The number of aromatic nitrogens is 1. The van der Waals surface area contributed by atoms with Gasteiger partial charge in [-0.1, -0.05) is 47.7 Å². The van der Waals surface area contributed by atoms with Gasteiger partial charge in [0.15, 0.2) is 0 Å². The molecule has 0 amide bonds. The Bertz CT molecular complexity index is 1410. The summed E-state index contributed by atoms with van der Waals surface area (Å²) in [5.74, 6) is 4.72. The van der Waals surface area contributed by atoms with E-state index in [9.17, 15) is 18.3 Å². The van der Waals surface area contributed by atoms with Crippen LogP contribution >= 0.6 is 11.3 Å². The number of hydrogen-bond acceptors (Lipinski definition) is 4. The van der Waals surface area contributed by atoms with Crippen molar-refractivity contribution in [2.24, 2.45) is 0 Å². The minimum Gasteiger partial charge on any atom is -0.480 e. The molecule has 162 valence electrons. The quantitative estimate of drug-likeness (QED) is 0.377. The minimum absolute atomic E-state index is 0.00525. The number of hydrogen-bond donors (Lipinski definition) is 3. The summed E-state index contributed by atoms with van der Waals surface area (Å²) in [7, 11) is -4.02. The topological polar surface area (TPSA) is 99.3 Å². The van der Waals surface area contributed by atoms with Crippen LogP contribution in [0, 0.1) is 18.8 Å². The van der Waals surface area contributed by atoms with Gasteiger partial charge in [-0.2, -0.15) is 4.72 Å². The van der Waals surface area contributed by atoms with Gasteiger partial charge in [0.1, 0.15) is 10.3 Å². The summed E-state index contributed by atoms with van der Waals surface area (Å²) in [4.78, 5) is 15.5. The summed E-state index contributed by atoms with van der Waals surface area (Å²) in [5, 5.41) is 10.5. The Labute approximate surface area is 190 Å². The van der Waals surface area contributed by atoms with E-state index in [0.717, 1.165) is 33.4 Å². The van der Waals surface area contributed by atoms with Gasteiger partial charge in [-0.25, -0.2) is 8.42 Å². The molecule has 0 aliphatic heterocycles. The first kappa shape index (κ1) is 21.8. The number of nitrogens with one attached hydrogen (secondary N) is 2. The molecule has 0 fully saturated rings. The molecule has 4 aromatic rings. The van der Waals surface area contributed by atoms with Crippen LogP contribution in [0.3, 0.4) is 0 Å². The molecular formula is C24H20N2O4S2. The normalized spacial score (nSPS) is 12.3. The van der Waals surface area contributed by atoms with Crippen LogP contribution in [-0.4, -0.2) is 30.5 Å². The van der Waals surface area contributed by atoms with Crippen molar-refractivity contribution in [2.75, 3.05) is 0 Å². The van der Waals surface area contributed by atoms with Crippen molar-refractivity contribution in [1.29, 1.82) is 0 Å². The second-order valence-electron chi connectivity index (χ2n) is 7.33. The van der Waals surface area contributed by atoms with Crippen molar-refractivity contribution in [3.8, 4) is 11.8 Å². The fourth-order valence-corrected chi connectivity index (χ4v) is 5.56. The number of benzene rings is 2. The van der Waals surface area contributed by atoms with E-state index in [1.54, 1.807) is 6.07 Å². The number of rotatable bonds is 6. The number of carboxylic acids is 1. The molecule has 2 heterocycles. The van der Waals surface area contributed by atoms with Gasteiger partial charge in [-0.05, 0) is 48.7 Å². The molecule has 6 nitrogen and oxygen atoms in total. The molecule has 1 atom stereocenters. The van der Waals surface area contributed by atoms with E-state index in [1.165, 1.54) is 6.07 Å². The number of carboxylic acid groups (broad SMARTS) is 1. The molecule has 0 spiro atoms. The van der Waals surface area contributed by atoms with Gasteiger partial charge < -0.3 is 10.1 Å². The summed E-state index contributed by atoms with van der Waals surface area (Å²) in [5.41, 5.74) is 3.46. The van der Waals surface area contributed by atoms with Crippen LogP contribution in [-0.2, 0) is 21.2 Å². The predicted octanol–water partition coefficient (Wildman–Crippen LogP) is 3.91. The van der Waals surface area contributed by atoms with Crippen molar-refractivity contribution in [1.82, 2.24) is 9.71 Å². The van der Waals surface area contributed by atoms with Crippen LogP contribution in [0.2, 0.25) is 0 Å². The largest absolute Gasteiger partial charge is 0.480 e. The zero-order valence-electron chi connectivity index (χ0n) is 17.1. The van der Waals surface area contributed by atoms with Crippen molar-refractivity contribution in [3.05, 3.63) is 88.4 Å². The van der Waals surface area contributed by atoms with Crippen molar-refractivity contribution in [3.63, 3.8) is 0 Å². The van der Waals surface area contributed by atoms with Crippen molar-refractivity contribution >= 4 is 38.2 Å². The van der Waals surface area contributed by atoms with E-state index in [1.807, 2.05) is 61.5 Å². The van der Waals surface area contributed by atoms with Gasteiger partial charge >= 0.3 is 5.97 Å². The SMILES string of the molecule is Cc1ccc(C#Cc2ccc(S(=O)(=O)NC(Cc3cc4ccccc4[nH]3)C(=O)O)s2)cc1. The highest BCUT2D eigenvalue weighted by molar-refractivity contribution is 7.91. The molecule has 0 aliphatic carbocycles. The number of carbonyl (C=O) groups is 1. The first-order valence-electron chi connectivity index (χ1n) is 9.80. The zero-order chi connectivity index (χ0) is 22.7. The standard InChI is InChI=1S/C24H20N2O4S2/c1-16-6-8-17(9-7-16)10-11-20-12-13-23(31-20)32(29,30)26-22(24(27)28)15-19-14-18-4-2-3-5-21(18)25-19/h2-9,12-14,22,25-26H,15H2,1H3,(H,27,28). The van der Waals surface area contributed by atoms with Crippen LogP contribution in [0.1, 0.15) is 21.7 Å². The summed E-state index contributed by atoms with van der Waals surface area (Å²) in [6.45, 7) is 1.99. The fraction of sp³-hybridized carbons (Fsp3) is 0.125. The second kappa shape index (κ2) is 9.01. The Morgan fingerprint density at radius 3 is 2.56 bits per heavy atom. The third-order valence-corrected chi connectivity index (χ3v) is 7.80. The van der Waals surface area contributed by atoms with E-state index in [2.05, 4.69) is 21.5 Å². The maximum atomic E-state index is 12.8. The van der Waals surface area contributed by atoms with Gasteiger partial charge in [0.05, 0.1) is 4.88 Å². The Hall–Kier alpha value is -3.38. The number of aromatic amines is 1. The highest BCUT2D eigenvalue weighted by atomic mass is 32.2. The predicted molar refractivity (Wildman–Crippen MR) is 125 cm³/mol. The molecule has 8 heteroatoms. The lowest BCUT2D eigenvalue weighted by molar-refractivity contribution is -0.138. The van der Waals surface area contributed by atoms with Crippen LogP contribution in [0.5, 0.6) is 0 Å². The Morgan fingerprint density at radius 2 is 1.84 bits per heavy atom. The number of sulfonamides is 1. The number of H-pyrrole nitrogens is 1. The molecular weight excluding hydrogens is 444 g/mol. The molecule has 0 radical (unpaired) electrons. The Balaban J connectivity index is 1.50. The fourth-order valence-electron chi connectivity index (χ4n) is 3.19.